The quantitative estimate of drug-likeness (QED) is 0.458. The molecule has 2 rings (SSSR count). The van der Waals surface area contributed by atoms with E-state index in [2.05, 4.69) is 14.2 Å². The molecule has 13 heavy (non-hydrogen) atoms. The van der Waals surface area contributed by atoms with Crippen LogP contribution in [0.15, 0.2) is 29.3 Å². The molecule has 0 radical (unpaired) electrons. The fourth-order valence-corrected chi connectivity index (χ4v) is 1.60. The van der Waals surface area contributed by atoms with E-state index < -0.39 is 0 Å². The molecule has 0 saturated heterocycles. The number of pyridine rings is 2. The molecular weight excluding hydrogens is 185 g/mol. The first-order valence-electron chi connectivity index (χ1n) is 3.71. The van der Waals surface area contributed by atoms with E-state index in [1.54, 1.807) is 18.3 Å². The summed E-state index contributed by atoms with van der Waals surface area (Å²) in [5.74, 6) is 5.42. The van der Waals surface area contributed by atoms with E-state index in [4.69, 9.17) is 5.84 Å². The van der Waals surface area contributed by atoms with Crippen LogP contribution in [0.3, 0.4) is 0 Å². The van der Waals surface area contributed by atoms with Gasteiger partial charge in [-0.25, -0.2) is 4.68 Å². The Morgan fingerprint density at radius 3 is 3.00 bits per heavy atom. The lowest BCUT2D eigenvalue weighted by molar-refractivity contribution is 0.953. The van der Waals surface area contributed by atoms with Crippen molar-refractivity contribution in [2.24, 2.45) is 0 Å². The van der Waals surface area contributed by atoms with Crippen molar-refractivity contribution in [1.82, 2.24) is 9.66 Å². The van der Waals surface area contributed by atoms with Gasteiger partial charge in [0.1, 0.15) is 0 Å². The van der Waals surface area contributed by atoms with E-state index >= 15 is 0 Å². The lowest BCUT2D eigenvalue weighted by Crippen LogP contribution is -2.28. The van der Waals surface area contributed by atoms with E-state index in [0.717, 1.165) is 10.1 Å². The summed E-state index contributed by atoms with van der Waals surface area (Å²) in [6.07, 6.45) is 3.19. The van der Waals surface area contributed by atoms with E-state index in [9.17, 15) is 4.79 Å². The molecule has 2 N–H and O–H groups in total. The van der Waals surface area contributed by atoms with Crippen molar-refractivity contribution >= 4 is 25.4 Å². The van der Waals surface area contributed by atoms with Crippen LogP contribution in [-0.2, 0) is 0 Å². The summed E-state index contributed by atoms with van der Waals surface area (Å²) in [4.78, 5) is 15.5. The number of hydrogen-bond donors (Lipinski definition) is 1. The maximum Gasteiger partial charge on any atom is 0.278 e. The van der Waals surface area contributed by atoms with Gasteiger partial charge in [0.2, 0.25) is 0 Å². The van der Waals surface area contributed by atoms with Crippen LogP contribution in [0.4, 0.5) is 0 Å². The first kappa shape index (κ1) is 8.20. The van der Waals surface area contributed by atoms with E-state index in [-0.39, 0.29) is 5.56 Å². The second kappa shape index (κ2) is 2.82. The van der Waals surface area contributed by atoms with Crippen LogP contribution in [0.1, 0.15) is 0 Å². The molecular formula is C8H8N3OP. The van der Waals surface area contributed by atoms with Crippen LogP contribution in [-0.4, -0.2) is 9.66 Å². The first-order chi connectivity index (χ1) is 6.20. The Bertz CT molecular complexity index is 520. The molecule has 0 spiro atoms. The third kappa shape index (κ3) is 1.19. The van der Waals surface area contributed by atoms with E-state index in [1.807, 2.05) is 0 Å². The minimum absolute atomic E-state index is 0.226. The van der Waals surface area contributed by atoms with Gasteiger partial charge in [0.05, 0.1) is 10.8 Å². The maximum atomic E-state index is 11.5. The standard InChI is InChI=1S/C8H8N3OP/c9-11-4-2-5-1-3-10-7(13)6(5)8(11)12/h1-4H,9,13H2. The smallest absolute Gasteiger partial charge is 0.278 e. The van der Waals surface area contributed by atoms with Gasteiger partial charge in [-0.15, -0.1) is 0 Å². The highest BCUT2D eigenvalue weighted by Gasteiger charge is 2.03. The number of hydrogen-bond acceptors (Lipinski definition) is 3. The molecule has 1 unspecified atom stereocenters. The molecule has 2 aromatic rings. The second-order valence-corrected chi connectivity index (χ2v) is 3.24. The maximum absolute atomic E-state index is 11.5. The Kier molecular flexibility index (Phi) is 1.78. The van der Waals surface area contributed by atoms with Crippen molar-refractivity contribution < 1.29 is 0 Å². The number of nitrogens with two attached hydrogens (primary N) is 1. The van der Waals surface area contributed by atoms with E-state index in [1.165, 1.54) is 6.20 Å². The first-order valence-corrected chi connectivity index (χ1v) is 4.29. The largest absolute Gasteiger partial charge is 0.336 e. The van der Waals surface area contributed by atoms with Crippen molar-refractivity contribution in [2.45, 2.75) is 0 Å². The van der Waals surface area contributed by atoms with Crippen LogP contribution in [0.2, 0.25) is 0 Å². The molecule has 2 heterocycles. The molecule has 0 aromatic carbocycles. The molecule has 5 heteroatoms. The highest BCUT2D eigenvalue weighted by molar-refractivity contribution is 7.27. The molecule has 0 bridgehead atoms. The predicted molar refractivity (Wildman–Crippen MR) is 55.5 cm³/mol. The highest BCUT2D eigenvalue weighted by atomic mass is 31.0. The van der Waals surface area contributed by atoms with Gasteiger partial charge in [-0.05, 0) is 17.5 Å². The Hall–Kier alpha value is -1.41. The molecule has 4 nitrogen and oxygen atoms in total. The minimum Gasteiger partial charge on any atom is -0.336 e. The fourth-order valence-electron chi connectivity index (χ4n) is 1.22. The van der Waals surface area contributed by atoms with Gasteiger partial charge >= 0.3 is 0 Å². The summed E-state index contributed by atoms with van der Waals surface area (Å²) in [5, 5.41) is 1.41. The third-order valence-electron chi connectivity index (χ3n) is 1.88. The second-order valence-electron chi connectivity index (χ2n) is 2.69. The van der Waals surface area contributed by atoms with Crippen molar-refractivity contribution in [3.63, 3.8) is 0 Å². The summed E-state index contributed by atoms with van der Waals surface area (Å²) in [7, 11) is 2.42. The summed E-state index contributed by atoms with van der Waals surface area (Å²) in [6, 6.07) is 3.57. The van der Waals surface area contributed by atoms with Crippen LogP contribution in [0.5, 0.6) is 0 Å². The monoisotopic (exact) mass is 193 g/mol. The average molecular weight is 193 g/mol. The average Bonchev–Trinajstić information content (AvgIpc) is 2.12. The van der Waals surface area contributed by atoms with Crippen LogP contribution in [0, 0.1) is 0 Å². The van der Waals surface area contributed by atoms with Gasteiger partial charge in [-0.3, -0.25) is 9.78 Å². The van der Waals surface area contributed by atoms with Gasteiger partial charge in [0.15, 0.2) is 0 Å². The number of fused-ring (bicyclic) bond motifs is 1. The zero-order valence-electron chi connectivity index (χ0n) is 6.77. The van der Waals surface area contributed by atoms with Gasteiger partial charge in [-0.2, -0.15) is 0 Å². The van der Waals surface area contributed by atoms with Crippen LogP contribution >= 0.6 is 9.24 Å². The fraction of sp³-hybridized carbons (Fsp3) is 0. The SMILES string of the molecule is Nn1ccc2ccnc(P)c2c1=O. The number of rotatable bonds is 0. The normalized spacial score (nSPS) is 10.5. The van der Waals surface area contributed by atoms with Crippen molar-refractivity contribution in [3.05, 3.63) is 34.9 Å². The zero-order chi connectivity index (χ0) is 9.42. The number of nitrogens with zero attached hydrogens (tertiary/aromatic N) is 2. The van der Waals surface area contributed by atoms with E-state index in [0.29, 0.717) is 10.8 Å². The molecule has 0 aliphatic heterocycles. The molecule has 2 aromatic heterocycles. The summed E-state index contributed by atoms with van der Waals surface area (Å²) >= 11 is 0. The topological polar surface area (TPSA) is 60.9 Å². The molecule has 0 saturated carbocycles. The molecule has 0 aliphatic carbocycles. The Morgan fingerprint density at radius 2 is 2.23 bits per heavy atom. The minimum atomic E-state index is -0.226. The third-order valence-corrected chi connectivity index (χ3v) is 2.31. The molecule has 1 atom stereocenters. The summed E-state index contributed by atoms with van der Waals surface area (Å²) < 4.78 is 1.05. The summed E-state index contributed by atoms with van der Waals surface area (Å²) in [6.45, 7) is 0. The van der Waals surface area contributed by atoms with Crippen molar-refractivity contribution in [3.8, 4) is 0 Å². The van der Waals surface area contributed by atoms with Gasteiger partial charge in [0.25, 0.3) is 5.56 Å². The number of nitrogen functional groups attached to an aromatic ring is 1. The van der Waals surface area contributed by atoms with Crippen molar-refractivity contribution in [1.29, 1.82) is 0 Å². The van der Waals surface area contributed by atoms with Gasteiger partial charge in [-0.1, -0.05) is 9.24 Å². The van der Waals surface area contributed by atoms with Crippen LogP contribution in [0.25, 0.3) is 10.8 Å². The van der Waals surface area contributed by atoms with Crippen molar-refractivity contribution in [2.75, 3.05) is 5.84 Å². The zero-order valence-corrected chi connectivity index (χ0v) is 7.92. The predicted octanol–water partition coefficient (Wildman–Crippen LogP) is -0.389. The molecule has 0 aliphatic rings. The molecule has 0 amide bonds. The Morgan fingerprint density at radius 1 is 1.46 bits per heavy atom. The molecule has 66 valence electrons. The van der Waals surface area contributed by atoms with Gasteiger partial charge in [0, 0.05) is 12.4 Å². The van der Waals surface area contributed by atoms with Gasteiger partial charge < -0.3 is 5.84 Å². The summed E-state index contributed by atoms with van der Waals surface area (Å²) in [5.41, 5.74) is 0.401. The number of aromatic nitrogens is 2. The molecule has 0 fully saturated rings. The lowest BCUT2D eigenvalue weighted by Gasteiger charge is -2.01. The lowest BCUT2D eigenvalue weighted by atomic mass is 10.2. The highest BCUT2D eigenvalue weighted by Crippen LogP contribution is 2.05. The Labute approximate surface area is 76.6 Å². The Balaban J connectivity index is 3.06. The van der Waals surface area contributed by atoms with Crippen LogP contribution < -0.4 is 16.8 Å².